The number of nitro benzene ring substituents is 1. The number of benzene rings is 1. The van der Waals surface area contributed by atoms with Gasteiger partial charge < -0.3 is 10.1 Å². The zero-order valence-electron chi connectivity index (χ0n) is 12.5. The van der Waals surface area contributed by atoms with Crippen molar-refractivity contribution in [2.45, 2.75) is 52.7 Å². The maximum Gasteiger partial charge on any atom is 0.310 e. The van der Waals surface area contributed by atoms with Crippen molar-refractivity contribution in [1.29, 1.82) is 0 Å². The van der Waals surface area contributed by atoms with Crippen LogP contribution in [0.15, 0.2) is 18.2 Å². The number of rotatable bonds is 9. The molecule has 1 aromatic carbocycles. The second-order valence-corrected chi connectivity index (χ2v) is 4.95. The van der Waals surface area contributed by atoms with Crippen molar-refractivity contribution >= 4 is 5.69 Å². The van der Waals surface area contributed by atoms with Gasteiger partial charge in [0.1, 0.15) is 0 Å². The molecule has 0 aliphatic heterocycles. The van der Waals surface area contributed by atoms with Gasteiger partial charge in [0.05, 0.1) is 11.0 Å². The minimum absolute atomic E-state index is 0.0162. The van der Waals surface area contributed by atoms with Crippen LogP contribution in [0.5, 0.6) is 5.75 Å². The molecule has 5 nitrogen and oxygen atoms in total. The van der Waals surface area contributed by atoms with Gasteiger partial charge in [0, 0.05) is 12.6 Å². The SMILES string of the molecule is CCCNCc1ccc([N+](=O)[O-])c(OC(C)CCC)c1. The van der Waals surface area contributed by atoms with E-state index in [1.807, 2.05) is 6.92 Å². The summed E-state index contributed by atoms with van der Waals surface area (Å²) in [7, 11) is 0. The van der Waals surface area contributed by atoms with E-state index in [0.29, 0.717) is 12.3 Å². The first-order chi connectivity index (χ1) is 9.58. The first kappa shape index (κ1) is 16.4. The number of nitrogens with one attached hydrogen (secondary N) is 1. The summed E-state index contributed by atoms with van der Waals surface area (Å²) in [6.45, 7) is 7.74. The van der Waals surface area contributed by atoms with Crippen LogP contribution in [-0.2, 0) is 6.54 Å². The lowest BCUT2D eigenvalue weighted by molar-refractivity contribution is -0.386. The molecule has 112 valence electrons. The lowest BCUT2D eigenvalue weighted by Gasteiger charge is -2.14. The molecule has 1 aromatic rings. The molecular weight excluding hydrogens is 256 g/mol. The van der Waals surface area contributed by atoms with Crippen molar-refractivity contribution < 1.29 is 9.66 Å². The molecule has 1 atom stereocenters. The van der Waals surface area contributed by atoms with E-state index in [1.165, 1.54) is 6.07 Å². The third-order valence-electron chi connectivity index (χ3n) is 3.00. The van der Waals surface area contributed by atoms with E-state index in [1.54, 1.807) is 12.1 Å². The van der Waals surface area contributed by atoms with Crippen LogP contribution in [0.4, 0.5) is 5.69 Å². The van der Waals surface area contributed by atoms with Gasteiger partial charge in [0.2, 0.25) is 0 Å². The van der Waals surface area contributed by atoms with E-state index in [9.17, 15) is 10.1 Å². The third-order valence-corrected chi connectivity index (χ3v) is 3.00. The highest BCUT2D eigenvalue weighted by atomic mass is 16.6. The Morgan fingerprint density at radius 3 is 2.70 bits per heavy atom. The minimum Gasteiger partial charge on any atom is -0.484 e. The summed E-state index contributed by atoms with van der Waals surface area (Å²) in [6.07, 6.45) is 2.92. The maximum atomic E-state index is 11.0. The fourth-order valence-electron chi connectivity index (χ4n) is 2.01. The third kappa shape index (κ3) is 5.17. The minimum atomic E-state index is -0.392. The van der Waals surface area contributed by atoms with E-state index in [4.69, 9.17) is 4.74 Å². The zero-order chi connectivity index (χ0) is 15.0. The average Bonchev–Trinajstić information content (AvgIpc) is 2.39. The Bertz CT molecular complexity index is 435. The standard InChI is InChI=1S/C15H24N2O3/c1-4-6-12(3)20-15-10-13(11-16-9-5-2)7-8-14(15)17(18)19/h7-8,10,12,16H,4-6,9,11H2,1-3H3. The lowest BCUT2D eigenvalue weighted by Crippen LogP contribution is -2.15. The van der Waals surface area contributed by atoms with Gasteiger partial charge >= 0.3 is 5.69 Å². The predicted octanol–water partition coefficient (Wildman–Crippen LogP) is 3.66. The van der Waals surface area contributed by atoms with Gasteiger partial charge in [0.25, 0.3) is 0 Å². The van der Waals surface area contributed by atoms with Gasteiger partial charge in [0.15, 0.2) is 5.75 Å². The molecule has 1 rings (SSSR count). The summed E-state index contributed by atoms with van der Waals surface area (Å²) in [4.78, 5) is 10.7. The van der Waals surface area contributed by atoms with Crippen LogP contribution in [-0.4, -0.2) is 17.6 Å². The smallest absolute Gasteiger partial charge is 0.310 e. The average molecular weight is 280 g/mol. The Hall–Kier alpha value is -1.62. The Balaban J connectivity index is 2.85. The number of nitro groups is 1. The molecule has 0 saturated carbocycles. The molecule has 0 radical (unpaired) electrons. The van der Waals surface area contributed by atoms with Crippen molar-refractivity contribution in [1.82, 2.24) is 5.32 Å². The van der Waals surface area contributed by atoms with Gasteiger partial charge in [-0.15, -0.1) is 0 Å². The van der Waals surface area contributed by atoms with Crippen LogP contribution < -0.4 is 10.1 Å². The van der Waals surface area contributed by atoms with Crippen molar-refractivity contribution in [2.24, 2.45) is 0 Å². The Labute approximate surface area is 120 Å². The monoisotopic (exact) mass is 280 g/mol. The van der Waals surface area contributed by atoms with E-state index in [-0.39, 0.29) is 11.8 Å². The van der Waals surface area contributed by atoms with Crippen LogP contribution in [0.1, 0.15) is 45.6 Å². The highest BCUT2D eigenvalue weighted by molar-refractivity contribution is 5.48. The number of ether oxygens (including phenoxy) is 1. The summed E-state index contributed by atoms with van der Waals surface area (Å²) in [5, 5.41) is 14.3. The molecule has 20 heavy (non-hydrogen) atoms. The molecule has 0 spiro atoms. The summed E-state index contributed by atoms with van der Waals surface area (Å²) in [6, 6.07) is 5.07. The highest BCUT2D eigenvalue weighted by Gasteiger charge is 2.17. The molecule has 1 N–H and O–H groups in total. The fourth-order valence-corrected chi connectivity index (χ4v) is 2.01. The topological polar surface area (TPSA) is 64.4 Å². The zero-order valence-corrected chi connectivity index (χ0v) is 12.5. The second kappa shape index (κ2) is 8.53. The van der Waals surface area contributed by atoms with E-state index < -0.39 is 4.92 Å². The molecule has 0 saturated heterocycles. The lowest BCUT2D eigenvalue weighted by atomic mass is 10.1. The molecule has 5 heteroatoms. The van der Waals surface area contributed by atoms with E-state index in [2.05, 4.69) is 19.2 Å². The summed E-state index contributed by atoms with van der Waals surface area (Å²) in [5.41, 5.74) is 1.04. The molecule has 0 bridgehead atoms. The number of hydrogen-bond donors (Lipinski definition) is 1. The summed E-state index contributed by atoms with van der Waals surface area (Å²) < 4.78 is 5.72. The quantitative estimate of drug-likeness (QED) is 0.426. The van der Waals surface area contributed by atoms with Crippen molar-refractivity contribution in [3.8, 4) is 5.75 Å². The predicted molar refractivity (Wildman–Crippen MR) is 80.1 cm³/mol. The van der Waals surface area contributed by atoms with Crippen molar-refractivity contribution in [3.63, 3.8) is 0 Å². The Kier molecular flexibility index (Phi) is 7.01. The number of nitrogens with zero attached hydrogens (tertiary/aromatic N) is 1. The molecule has 0 aliphatic rings. The van der Waals surface area contributed by atoms with Crippen LogP contribution in [0.3, 0.4) is 0 Å². The molecule has 1 unspecified atom stereocenters. The van der Waals surface area contributed by atoms with Crippen LogP contribution in [0, 0.1) is 10.1 Å². The van der Waals surface area contributed by atoms with Gasteiger partial charge in [-0.3, -0.25) is 10.1 Å². The summed E-state index contributed by atoms with van der Waals surface area (Å²) in [5.74, 6) is 0.367. The van der Waals surface area contributed by atoms with Gasteiger partial charge in [-0.25, -0.2) is 0 Å². The van der Waals surface area contributed by atoms with Crippen molar-refractivity contribution in [3.05, 3.63) is 33.9 Å². The Morgan fingerprint density at radius 2 is 2.10 bits per heavy atom. The number of hydrogen-bond acceptors (Lipinski definition) is 4. The first-order valence-corrected chi connectivity index (χ1v) is 7.23. The molecule has 0 amide bonds. The normalized spacial score (nSPS) is 12.2. The van der Waals surface area contributed by atoms with Crippen LogP contribution >= 0.6 is 0 Å². The van der Waals surface area contributed by atoms with Crippen molar-refractivity contribution in [2.75, 3.05) is 6.54 Å². The molecule has 0 fully saturated rings. The molecule has 0 aliphatic carbocycles. The van der Waals surface area contributed by atoms with Gasteiger partial charge in [-0.05, 0) is 37.9 Å². The molecule has 0 heterocycles. The Morgan fingerprint density at radius 1 is 1.35 bits per heavy atom. The van der Waals surface area contributed by atoms with Crippen LogP contribution in [0.2, 0.25) is 0 Å². The second-order valence-electron chi connectivity index (χ2n) is 4.95. The fraction of sp³-hybridized carbons (Fsp3) is 0.600. The van der Waals surface area contributed by atoms with Gasteiger partial charge in [-0.1, -0.05) is 26.3 Å². The maximum absolute atomic E-state index is 11.0. The van der Waals surface area contributed by atoms with Crippen LogP contribution in [0.25, 0.3) is 0 Å². The van der Waals surface area contributed by atoms with Gasteiger partial charge in [-0.2, -0.15) is 0 Å². The molecule has 0 aromatic heterocycles. The van der Waals surface area contributed by atoms with E-state index >= 15 is 0 Å². The summed E-state index contributed by atoms with van der Waals surface area (Å²) >= 11 is 0. The highest BCUT2D eigenvalue weighted by Crippen LogP contribution is 2.29. The largest absolute Gasteiger partial charge is 0.484 e. The first-order valence-electron chi connectivity index (χ1n) is 7.23. The molecular formula is C15H24N2O3. The van der Waals surface area contributed by atoms with E-state index in [0.717, 1.165) is 31.4 Å².